The Hall–Kier alpha value is -3.11. The van der Waals surface area contributed by atoms with Gasteiger partial charge in [-0.25, -0.2) is 4.98 Å². The topological polar surface area (TPSA) is 46.9 Å². The fraction of sp³-hybridized carbons (Fsp3) is 0.167. The third-order valence-electron chi connectivity index (χ3n) is 4.85. The first-order chi connectivity index (χ1) is 14.0. The fourth-order valence-corrected chi connectivity index (χ4v) is 3.84. The Kier molecular flexibility index (Phi) is 5.36. The van der Waals surface area contributed by atoms with Crippen LogP contribution in [0.15, 0.2) is 66.7 Å². The largest absolute Gasteiger partial charge is 0.325 e. The zero-order chi connectivity index (χ0) is 20.4. The first kappa shape index (κ1) is 19.2. The molecule has 0 aliphatic rings. The van der Waals surface area contributed by atoms with Gasteiger partial charge < -0.3 is 9.88 Å². The van der Waals surface area contributed by atoms with Gasteiger partial charge in [-0.3, -0.25) is 4.79 Å². The number of hydrogen-bond donors (Lipinski definition) is 1. The number of hydrogen-bond acceptors (Lipinski definition) is 2. The highest BCUT2D eigenvalue weighted by molar-refractivity contribution is 6.31. The van der Waals surface area contributed by atoms with E-state index in [9.17, 15) is 4.79 Å². The highest BCUT2D eigenvalue weighted by atomic mass is 35.5. The Morgan fingerprint density at radius 2 is 1.69 bits per heavy atom. The standard InChI is InChI=1S/C24H22ClN3O/c1-16-11-17(2)13-19(12-16)26-24(29)15-28-22-10-6-5-9-21(22)27-23(28)14-18-7-3-4-8-20(18)25/h3-13H,14-15H2,1-2H3,(H,26,29). The Morgan fingerprint density at radius 3 is 2.45 bits per heavy atom. The molecule has 0 radical (unpaired) electrons. The van der Waals surface area contributed by atoms with Gasteiger partial charge in [-0.1, -0.05) is 48.0 Å². The number of carbonyl (C=O) groups is 1. The predicted molar refractivity (Wildman–Crippen MR) is 119 cm³/mol. The quantitative estimate of drug-likeness (QED) is 0.475. The van der Waals surface area contributed by atoms with Crippen molar-refractivity contribution < 1.29 is 4.79 Å². The van der Waals surface area contributed by atoms with Crippen molar-refractivity contribution in [3.8, 4) is 0 Å². The van der Waals surface area contributed by atoms with E-state index in [2.05, 4.69) is 11.4 Å². The highest BCUT2D eigenvalue weighted by Gasteiger charge is 2.15. The normalized spacial score (nSPS) is 11.0. The maximum atomic E-state index is 12.8. The van der Waals surface area contributed by atoms with Gasteiger partial charge in [-0.2, -0.15) is 0 Å². The number of nitrogens with one attached hydrogen (secondary N) is 1. The highest BCUT2D eigenvalue weighted by Crippen LogP contribution is 2.23. The van der Waals surface area contributed by atoms with E-state index in [1.807, 2.05) is 79.1 Å². The summed E-state index contributed by atoms with van der Waals surface area (Å²) >= 11 is 6.35. The van der Waals surface area contributed by atoms with E-state index >= 15 is 0 Å². The third-order valence-corrected chi connectivity index (χ3v) is 5.22. The third kappa shape index (κ3) is 4.33. The number of benzene rings is 3. The molecule has 0 spiro atoms. The van der Waals surface area contributed by atoms with E-state index in [0.717, 1.165) is 39.2 Å². The summed E-state index contributed by atoms with van der Waals surface area (Å²) in [5.41, 5.74) is 5.84. The van der Waals surface area contributed by atoms with Gasteiger partial charge in [0.2, 0.25) is 5.91 Å². The number of fused-ring (bicyclic) bond motifs is 1. The lowest BCUT2D eigenvalue weighted by atomic mass is 10.1. The number of carbonyl (C=O) groups excluding carboxylic acids is 1. The Bertz CT molecular complexity index is 1180. The molecule has 0 aliphatic carbocycles. The first-order valence-corrected chi connectivity index (χ1v) is 9.93. The summed E-state index contributed by atoms with van der Waals surface area (Å²) < 4.78 is 1.97. The zero-order valence-corrected chi connectivity index (χ0v) is 17.2. The summed E-state index contributed by atoms with van der Waals surface area (Å²) in [6.45, 7) is 4.23. The molecule has 1 N–H and O–H groups in total. The summed E-state index contributed by atoms with van der Waals surface area (Å²) in [6, 6.07) is 21.6. The van der Waals surface area contributed by atoms with Crippen LogP contribution in [0.4, 0.5) is 5.69 Å². The minimum atomic E-state index is -0.0847. The summed E-state index contributed by atoms with van der Waals surface area (Å²) in [5.74, 6) is 0.730. The molecule has 3 aromatic carbocycles. The molecule has 0 fully saturated rings. The monoisotopic (exact) mass is 403 g/mol. The van der Waals surface area contributed by atoms with E-state index in [-0.39, 0.29) is 12.5 Å². The van der Waals surface area contributed by atoms with Gasteiger partial charge in [0.05, 0.1) is 11.0 Å². The number of aryl methyl sites for hydroxylation is 2. The van der Waals surface area contributed by atoms with Crippen molar-refractivity contribution in [2.75, 3.05) is 5.32 Å². The molecule has 0 saturated carbocycles. The average molecular weight is 404 g/mol. The fourth-order valence-electron chi connectivity index (χ4n) is 3.64. The van der Waals surface area contributed by atoms with Crippen LogP contribution < -0.4 is 5.32 Å². The second kappa shape index (κ2) is 8.10. The number of halogens is 1. The molecule has 4 aromatic rings. The van der Waals surface area contributed by atoms with E-state index in [1.165, 1.54) is 0 Å². The molecule has 29 heavy (non-hydrogen) atoms. The smallest absolute Gasteiger partial charge is 0.244 e. The number of para-hydroxylation sites is 2. The lowest BCUT2D eigenvalue weighted by Gasteiger charge is -2.12. The molecule has 4 nitrogen and oxygen atoms in total. The van der Waals surface area contributed by atoms with Crippen molar-refractivity contribution in [3.63, 3.8) is 0 Å². The molecule has 5 heteroatoms. The molecule has 0 atom stereocenters. The number of aromatic nitrogens is 2. The lowest BCUT2D eigenvalue weighted by molar-refractivity contribution is -0.116. The van der Waals surface area contributed by atoms with Crippen LogP contribution in [0.5, 0.6) is 0 Å². The van der Waals surface area contributed by atoms with Crippen LogP contribution in [0.3, 0.4) is 0 Å². The molecule has 1 amide bonds. The number of rotatable bonds is 5. The van der Waals surface area contributed by atoms with Crippen LogP contribution in [0.1, 0.15) is 22.5 Å². The van der Waals surface area contributed by atoms with E-state index in [0.29, 0.717) is 11.4 Å². The number of nitrogens with zero attached hydrogens (tertiary/aromatic N) is 2. The molecule has 1 heterocycles. The van der Waals surface area contributed by atoms with Gasteiger partial charge in [-0.15, -0.1) is 0 Å². The molecule has 4 rings (SSSR count). The van der Waals surface area contributed by atoms with E-state index in [1.54, 1.807) is 0 Å². The molecule has 0 aliphatic heterocycles. The van der Waals surface area contributed by atoms with Crippen molar-refractivity contribution >= 4 is 34.2 Å². The van der Waals surface area contributed by atoms with Gasteiger partial charge in [0.15, 0.2) is 0 Å². The molecule has 1 aromatic heterocycles. The van der Waals surface area contributed by atoms with E-state index < -0.39 is 0 Å². The Balaban J connectivity index is 1.65. The van der Waals surface area contributed by atoms with Crippen molar-refractivity contribution in [1.82, 2.24) is 9.55 Å². The van der Waals surface area contributed by atoms with Gasteiger partial charge in [-0.05, 0) is 60.9 Å². The lowest BCUT2D eigenvalue weighted by Crippen LogP contribution is -2.20. The van der Waals surface area contributed by atoms with E-state index in [4.69, 9.17) is 16.6 Å². The van der Waals surface area contributed by atoms with Crippen LogP contribution in [0.2, 0.25) is 5.02 Å². The van der Waals surface area contributed by atoms with Crippen molar-refractivity contribution in [2.45, 2.75) is 26.8 Å². The Labute approximate surface area is 175 Å². The van der Waals surface area contributed by atoms with Crippen molar-refractivity contribution in [3.05, 3.63) is 94.3 Å². The summed E-state index contributed by atoms with van der Waals surface area (Å²) in [7, 11) is 0. The first-order valence-electron chi connectivity index (χ1n) is 9.55. The molecule has 146 valence electrons. The van der Waals surface area contributed by atoms with Gasteiger partial charge in [0.1, 0.15) is 12.4 Å². The Morgan fingerprint density at radius 1 is 1.00 bits per heavy atom. The van der Waals surface area contributed by atoms with Gasteiger partial charge in [0.25, 0.3) is 0 Å². The van der Waals surface area contributed by atoms with Crippen molar-refractivity contribution in [1.29, 1.82) is 0 Å². The number of anilines is 1. The van der Waals surface area contributed by atoms with Crippen molar-refractivity contribution in [2.24, 2.45) is 0 Å². The molecule has 0 saturated heterocycles. The minimum Gasteiger partial charge on any atom is -0.325 e. The number of imidazole rings is 1. The van der Waals surface area contributed by atoms with Crippen LogP contribution in [0, 0.1) is 13.8 Å². The maximum absolute atomic E-state index is 12.8. The molecule has 0 bridgehead atoms. The zero-order valence-electron chi connectivity index (χ0n) is 16.4. The molecule has 0 unspecified atom stereocenters. The maximum Gasteiger partial charge on any atom is 0.244 e. The second-order valence-corrected chi connectivity index (χ2v) is 7.70. The summed E-state index contributed by atoms with van der Waals surface area (Å²) in [6.07, 6.45) is 0.561. The minimum absolute atomic E-state index is 0.0847. The van der Waals surface area contributed by atoms with Gasteiger partial charge >= 0.3 is 0 Å². The summed E-state index contributed by atoms with van der Waals surface area (Å²) in [4.78, 5) is 17.6. The average Bonchev–Trinajstić information content (AvgIpc) is 3.00. The van der Waals surface area contributed by atoms with Gasteiger partial charge in [0, 0.05) is 17.1 Å². The summed E-state index contributed by atoms with van der Waals surface area (Å²) in [5, 5.41) is 3.72. The van der Waals surface area contributed by atoms with Crippen LogP contribution in [0.25, 0.3) is 11.0 Å². The van der Waals surface area contributed by atoms with Crippen LogP contribution in [-0.4, -0.2) is 15.5 Å². The SMILES string of the molecule is Cc1cc(C)cc(NC(=O)Cn2c(Cc3ccccc3Cl)nc3ccccc32)c1. The van der Waals surface area contributed by atoms with Crippen LogP contribution in [-0.2, 0) is 17.8 Å². The second-order valence-electron chi connectivity index (χ2n) is 7.30. The van der Waals surface area contributed by atoms with Crippen LogP contribution >= 0.6 is 11.6 Å². The number of amides is 1. The predicted octanol–water partition coefficient (Wildman–Crippen LogP) is 5.54. The molecular weight excluding hydrogens is 382 g/mol. The molecular formula is C24H22ClN3O.